The van der Waals surface area contributed by atoms with Gasteiger partial charge in [0.25, 0.3) is 5.91 Å². The topological polar surface area (TPSA) is 71.1 Å². The van der Waals surface area contributed by atoms with Crippen molar-refractivity contribution >= 4 is 44.9 Å². The molecule has 0 unspecified atom stereocenters. The van der Waals surface area contributed by atoms with Gasteiger partial charge >= 0.3 is 0 Å². The highest BCUT2D eigenvalue weighted by Crippen LogP contribution is 2.38. The Balaban J connectivity index is 1.63. The lowest BCUT2D eigenvalue weighted by molar-refractivity contribution is -0.117. The van der Waals surface area contributed by atoms with Crippen molar-refractivity contribution in [3.63, 3.8) is 0 Å². The first-order valence-electron chi connectivity index (χ1n) is 8.95. The fraction of sp³-hybridized carbons (Fsp3) is 0.190. The van der Waals surface area contributed by atoms with Crippen molar-refractivity contribution < 1.29 is 9.59 Å². The van der Waals surface area contributed by atoms with E-state index in [0.717, 1.165) is 24.0 Å². The quantitative estimate of drug-likeness (QED) is 0.592. The predicted octanol–water partition coefficient (Wildman–Crippen LogP) is 5.37. The number of carbonyl (C=O) groups is 2. The Morgan fingerprint density at radius 3 is 2.36 bits per heavy atom. The number of carbonyl (C=O) groups excluding carboxylic acids is 2. The van der Waals surface area contributed by atoms with Crippen LogP contribution in [-0.4, -0.2) is 16.8 Å². The average Bonchev–Trinajstić information content (AvgIpc) is 3.46. The Labute approximate surface area is 171 Å². The summed E-state index contributed by atoms with van der Waals surface area (Å²) >= 11 is 7.15. The number of anilines is 2. The van der Waals surface area contributed by atoms with E-state index in [9.17, 15) is 9.59 Å². The van der Waals surface area contributed by atoms with Crippen LogP contribution in [0.3, 0.4) is 0 Å². The van der Waals surface area contributed by atoms with Crippen LogP contribution in [0.5, 0.6) is 0 Å². The van der Waals surface area contributed by atoms with Gasteiger partial charge in [-0.15, -0.1) is 0 Å². The smallest absolute Gasteiger partial charge is 0.256 e. The summed E-state index contributed by atoms with van der Waals surface area (Å²) in [5.41, 5.74) is 3.14. The van der Waals surface area contributed by atoms with Gasteiger partial charge in [-0.3, -0.25) is 9.59 Å². The molecule has 0 atom stereocenters. The second-order valence-corrected chi connectivity index (χ2v) is 8.22. The third kappa shape index (κ3) is 4.24. The lowest BCUT2D eigenvalue weighted by Crippen LogP contribution is -2.12. The number of nitrogens with zero attached hydrogens (tertiary/aromatic N) is 1. The summed E-state index contributed by atoms with van der Waals surface area (Å²) in [7, 11) is 0. The molecule has 28 heavy (non-hydrogen) atoms. The van der Waals surface area contributed by atoms with Gasteiger partial charge in [-0.05, 0) is 44.0 Å². The first-order chi connectivity index (χ1) is 13.5. The molecule has 0 saturated heterocycles. The molecule has 0 radical (unpaired) electrons. The molecule has 0 spiro atoms. The van der Waals surface area contributed by atoms with E-state index in [1.54, 1.807) is 24.3 Å². The highest BCUT2D eigenvalue weighted by atomic mass is 35.5. The van der Waals surface area contributed by atoms with Crippen LogP contribution in [0.1, 0.15) is 28.8 Å². The van der Waals surface area contributed by atoms with Crippen molar-refractivity contribution in [2.45, 2.75) is 19.8 Å². The second-order valence-electron chi connectivity index (χ2n) is 6.79. The Hall–Kier alpha value is -2.70. The standard InChI is InChI=1S/C21H18ClN3O2S/c1-12-2-4-13(5-3-12)17-20(24-18(26)15-8-10-16(22)11-9-15)28-21(23-17)25-19(27)14-6-7-14/h2-5,8-11,14H,6-7H2,1H3,(H,24,26)(H,23,25,27). The van der Waals surface area contributed by atoms with Gasteiger partial charge in [-0.25, -0.2) is 4.98 Å². The van der Waals surface area contributed by atoms with Crippen LogP contribution in [0.15, 0.2) is 48.5 Å². The van der Waals surface area contributed by atoms with Crippen molar-refractivity contribution in [3.8, 4) is 11.3 Å². The van der Waals surface area contributed by atoms with E-state index >= 15 is 0 Å². The van der Waals surface area contributed by atoms with Crippen molar-refractivity contribution in [3.05, 3.63) is 64.7 Å². The summed E-state index contributed by atoms with van der Waals surface area (Å²) in [6.45, 7) is 2.01. The van der Waals surface area contributed by atoms with Gasteiger partial charge in [0.15, 0.2) is 5.13 Å². The van der Waals surface area contributed by atoms with Crippen LogP contribution in [0.4, 0.5) is 10.1 Å². The summed E-state index contributed by atoms with van der Waals surface area (Å²) in [5, 5.41) is 7.43. The number of benzene rings is 2. The maximum atomic E-state index is 12.7. The van der Waals surface area contributed by atoms with E-state index in [-0.39, 0.29) is 17.7 Å². The Morgan fingerprint density at radius 1 is 1.04 bits per heavy atom. The number of rotatable bonds is 5. The van der Waals surface area contributed by atoms with Crippen LogP contribution in [0.2, 0.25) is 5.02 Å². The highest BCUT2D eigenvalue weighted by Gasteiger charge is 2.30. The number of aryl methyl sites for hydroxylation is 1. The zero-order chi connectivity index (χ0) is 19.7. The SMILES string of the molecule is Cc1ccc(-c2nc(NC(=O)C3CC3)sc2NC(=O)c2ccc(Cl)cc2)cc1. The van der Waals surface area contributed by atoms with Crippen LogP contribution >= 0.6 is 22.9 Å². The van der Waals surface area contributed by atoms with Gasteiger partial charge in [0.1, 0.15) is 10.7 Å². The molecule has 5 nitrogen and oxygen atoms in total. The van der Waals surface area contributed by atoms with E-state index in [1.807, 2.05) is 31.2 Å². The first kappa shape index (κ1) is 18.7. The molecule has 4 rings (SSSR count). The van der Waals surface area contributed by atoms with E-state index in [1.165, 1.54) is 11.3 Å². The third-order valence-electron chi connectivity index (χ3n) is 4.46. The molecule has 0 aliphatic heterocycles. The van der Waals surface area contributed by atoms with Crippen molar-refractivity contribution in [2.24, 2.45) is 5.92 Å². The fourth-order valence-electron chi connectivity index (χ4n) is 2.69. The van der Waals surface area contributed by atoms with Crippen LogP contribution in [0.25, 0.3) is 11.3 Å². The van der Waals surface area contributed by atoms with E-state index in [0.29, 0.717) is 26.4 Å². The first-order valence-corrected chi connectivity index (χ1v) is 10.1. The Bertz CT molecular complexity index is 1020. The maximum absolute atomic E-state index is 12.7. The zero-order valence-electron chi connectivity index (χ0n) is 15.2. The summed E-state index contributed by atoms with van der Waals surface area (Å²) in [6, 6.07) is 14.6. The predicted molar refractivity (Wildman–Crippen MR) is 113 cm³/mol. The van der Waals surface area contributed by atoms with Crippen LogP contribution < -0.4 is 10.6 Å². The fourth-order valence-corrected chi connectivity index (χ4v) is 3.71. The molecule has 1 saturated carbocycles. The molecular weight excluding hydrogens is 394 g/mol. The van der Waals surface area contributed by atoms with Gasteiger partial charge < -0.3 is 10.6 Å². The number of halogens is 1. The molecule has 1 aliphatic carbocycles. The molecule has 2 amide bonds. The van der Waals surface area contributed by atoms with Crippen molar-refractivity contribution in [1.82, 2.24) is 4.98 Å². The van der Waals surface area contributed by atoms with Gasteiger partial charge in [0, 0.05) is 22.1 Å². The summed E-state index contributed by atoms with van der Waals surface area (Å²) in [5.74, 6) is -0.188. The molecule has 0 bridgehead atoms. The molecule has 2 N–H and O–H groups in total. The summed E-state index contributed by atoms with van der Waals surface area (Å²) in [4.78, 5) is 29.3. The summed E-state index contributed by atoms with van der Waals surface area (Å²) < 4.78 is 0. The number of thiazole rings is 1. The van der Waals surface area contributed by atoms with Crippen molar-refractivity contribution in [1.29, 1.82) is 0 Å². The minimum absolute atomic E-state index is 0.0141. The molecule has 2 aromatic carbocycles. The molecule has 1 aliphatic rings. The zero-order valence-corrected chi connectivity index (χ0v) is 16.7. The lowest BCUT2D eigenvalue weighted by atomic mass is 10.1. The molecule has 7 heteroatoms. The Kier molecular flexibility index (Phi) is 5.15. The van der Waals surface area contributed by atoms with Crippen LogP contribution in [0, 0.1) is 12.8 Å². The summed E-state index contributed by atoms with van der Waals surface area (Å²) in [6.07, 6.45) is 1.84. The monoisotopic (exact) mass is 411 g/mol. The van der Waals surface area contributed by atoms with E-state index in [2.05, 4.69) is 15.6 Å². The molecule has 1 heterocycles. The van der Waals surface area contributed by atoms with Gasteiger partial charge in [-0.1, -0.05) is 52.8 Å². The van der Waals surface area contributed by atoms with E-state index in [4.69, 9.17) is 11.6 Å². The van der Waals surface area contributed by atoms with Crippen LogP contribution in [-0.2, 0) is 4.79 Å². The highest BCUT2D eigenvalue weighted by molar-refractivity contribution is 7.20. The number of amides is 2. The van der Waals surface area contributed by atoms with Gasteiger partial charge in [-0.2, -0.15) is 0 Å². The number of hydrogen-bond acceptors (Lipinski definition) is 4. The molecule has 3 aromatic rings. The van der Waals surface area contributed by atoms with Gasteiger partial charge in [0.05, 0.1) is 0 Å². The molecule has 1 aromatic heterocycles. The van der Waals surface area contributed by atoms with Gasteiger partial charge in [0.2, 0.25) is 5.91 Å². The maximum Gasteiger partial charge on any atom is 0.256 e. The minimum atomic E-state index is -0.256. The number of aromatic nitrogens is 1. The van der Waals surface area contributed by atoms with E-state index < -0.39 is 0 Å². The molecule has 142 valence electrons. The lowest BCUT2D eigenvalue weighted by Gasteiger charge is -2.06. The molecular formula is C21H18ClN3O2S. The number of nitrogens with one attached hydrogen (secondary N) is 2. The third-order valence-corrected chi connectivity index (χ3v) is 5.60. The molecule has 1 fully saturated rings. The second kappa shape index (κ2) is 7.73. The number of hydrogen-bond donors (Lipinski definition) is 2. The van der Waals surface area contributed by atoms with Crippen molar-refractivity contribution in [2.75, 3.05) is 10.6 Å². The minimum Gasteiger partial charge on any atom is -0.312 e. The average molecular weight is 412 g/mol. The Morgan fingerprint density at radius 2 is 1.71 bits per heavy atom. The largest absolute Gasteiger partial charge is 0.312 e. The normalized spacial score (nSPS) is 13.2.